The van der Waals surface area contributed by atoms with Crippen LogP contribution in [-0.2, 0) is 9.59 Å². The number of likely N-dealkylation sites (N-methyl/N-ethyl adjacent to an activating group) is 1. The second-order valence-corrected chi connectivity index (χ2v) is 5.36. The predicted molar refractivity (Wildman–Crippen MR) is 77.1 cm³/mol. The monoisotopic (exact) mass is 300 g/mol. The van der Waals surface area contributed by atoms with Gasteiger partial charge in [-0.15, -0.1) is 5.10 Å². The molecule has 4 N–H and O–H groups in total. The van der Waals surface area contributed by atoms with Crippen molar-refractivity contribution >= 4 is 29.5 Å². The summed E-state index contributed by atoms with van der Waals surface area (Å²) in [4.78, 5) is 29.0. The first-order chi connectivity index (χ1) is 9.42. The van der Waals surface area contributed by atoms with Gasteiger partial charge in [0, 0.05) is 12.6 Å². The van der Waals surface area contributed by atoms with Gasteiger partial charge in [0.2, 0.25) is 22.9 Å². The molecule has 1 rings (SSSR count). The fraction of sp³-hybridized carbons (Fsp3) is 0.636. The minimum absolute atomic E-state index is 0.0573. The second-order valence-electron chi connectivity index (χ2n) is 4.42. The van der Waals surface area contributed by atoms with Crippen molar-refractivity contribution in [3.8, 4) is 0 Å². The van der Waals surface area contributed by atoms with Gasteiger partial charge in [0.05, 0.1) is 12.3 Å². The van der Waals surface area contributed by atoms with Crippen molar-refractivity contribution in [2.45, 2.75) is 32.0 Å². The molecular weight excluding hydrogens is 280 g/mol. The average molecular weight is 300 g/mol. The molecule has 1 heterocycles. The lowest BCUT2D eigenvalue weighted by Crippen LogP contribution is -2.43. The van der Waals surface area contributed by atoms with Crippen LogP contribution in [0.2, 0.25) is 0 Å². The first-order valence-corrected chi connectivity index (χ1v) is 7.28. The Bertz CT molecular complexity index is 462. The molecular formula is C11H20N6O2S. The molecule has 0 unspecified atom stereocenters. The van der Waals surface area contributed by atoms with Crippen molar-refractivity contribution in [1.82, 2.24) is 25.4 Å². The van der Waals surface area contributed by atoms with E-state index in [1.165, 1.54) is 16.7 Å². The number of thioether (sulfide) groups is 1. The summed E-state index contributed by atoms with van der Waals surface area (Å²) in [6.07, 6.45) is 0. The van der Waals surface area contributed by atoms with Crippen molar-refractivity contribution in [1.29, 1.82) is 0 Å². The van der Waals surface area contributed by atoms with Gasteiger partial charge in [0.15, 0.2) is 0 Å². The lowest BCUT2D eigenvalue weighted by Gasteiger charge is -2.20. The Kier molecular flexibility index (Phi) is 6.29. The first-order valence-electron chi connectivity index (χ1n) is 6.30. The van der Waals surface area contributed by atoms with E-state index in [2.05, 4.69) is 20.5 Å². The molecule has 0 bridgehead atoms. The number of nitrogen functional groups attached to an aromatic ring is 1. The number of nitrogens with one attached hydrogen (secondary N) is 2. The molecule has 2 amide bonds. The summed E-state index contributed by atoms with van der Waals surface area (Å²) in [5.41, 5.74) is 5.39. The molecule has 0 aliphatic heterocycles. The number of H-pyrrole nitrogens is 1. The maximum absolute atomic E-state index is 12.0. The minimum Gasteiger partial charge on any atom is -0.368 e. The highest BCUT2D eigenvalue weighted by molar-refractivity contribution is 7.99. The maximum atomic E-state index is 12.0. The minimum atomic E-state index is -0.165. The number of nitrogens with zero attached hydrogens (tertiary/aromatic N) is 3. The van der Waals surface area contributed by atoms with E-state index in [0.29, 0.717) is 11.7 Å². The van der Waals surface area contributed by atoms with E-state index in [0.717, 1.165) is 0 Å². The molecule has 20 heavy (non-hydrogen) atoms. The zero-order chi connectivity index (χ0) is 15.1. The van der Waals surface area contributed by atoms with Gasteiger partial charge in [0.25, 0.3) is 0 Å². The molecule has 0 atom stereocenters. The van der Waals surface area contributed by atoms with Crippen LogP contribution in [0.25, 0.3) is 0 Å². The standard InChI is InChI=1S/C11H20N6O2S/c1-4-17(5-8(18)13-7(2)3)9(19)6-20-11-14-10(12)15-16-11/h7H,4-6H2,1-3H3,(H,13,18)(H3,12,14,15,16). The summed E-state index contributed by atoms with van der Waals surface area (Å²) in [5.74, 6) is 0.0748. The Morgan fingerprint density at radius 2 is 2.20 bits per heavy atom. The molecule has 0 fully saturated rings. The van der Waals surface area contributed by atoms with E-state index < -0.39 is 0 Å². The van der Waals surface area contributed by atoms with Gasteiger partial charge in [-0.1, -0.05) is 11.8 Å². The number of amides is 2. The van der Waals surface area contributed by atoms with Gasteiger partial charge < -0.3 is 16.0 Å². The van der Waals surface area contributed by atoms with Gasteiger partial charge >= 0.3 is 0 Å². The highest BCUT2D eigenvalue weighted by Crippen LogP contribution is 2.13. The van der Waals surface area contributed by atoms with Crippen LogP contribution in [0.15, 0.2) is 5.16 Å². The third-order valence-electron chi connectivity index (χ3n) is 2.33. The van der Waals surface area contributed by atoms with Gasteiger partial charge in [-0.2, -0.15) is 4.98 Å². The molecule has 9 heteroatoms. The van der Waals surface area contributed by atoms with Crippen molar-refractivity contribution in [3.63, 3.8) is 0 Å². The Labute approximate surface area is 121 Å². The van der Waals surface area contributed by atoms with Crippen molar-refractivity contribution in [2.75, 3.05) is 24.6 Å². The van der Waals surface area contributed by atoms with Gasteiger partial charge in [-0.3, -0.25) is 9.59 Å². The Balaban J connectivity index is 2.44. The molecule has 0 aliphatic rings. The number of carbonyl (C=O) groups is 2. The maximum Gasteiger partial charge on any atom is 0.239 e. The third-order valence-corrected chi connectivity index (χ3v) is 3.16. The number of anilines is 1. The fourth-order valence-corrected chi connectivity index (χ4v) is 2.17. The van der Waals surface area contributed by atoms with Crippen LogP contribution in [0.4, 0.5) is 5.95 Å². The Morgan fingerprint density at radius 1 is 1.50 bits per heavy atom. The van der Waals surface area contributed by atoms with Crippen LogP contribution in [0.3, 0.4) is 0 Å². The van der Waals surface area contributed by atoms with Crippen LogP contribution in [0.5, 0.6) is 0 Å². The van der Waals surface area contributed by atoms with Crippen molar-refractivity contribution < 1.29 is 9.59 Å². The first kappa shape index (κ1) is 16.3. The molecule has 0 radical (unpaired) electrons. The van der Waals surface area contributed by atoms with E-state index in [1.807, 2.05) is 20.8 Å². The summed E-state index contributed by atoms with van der Waals surface area (Å²) in [6, 6.07) is 0.0573. The highest BCUT2D eigenvalue weighted by Gasteiger charge is 2.17. The topological polar surface area (TPSA) is 117 Å². The summed E-state index contributed by atoms with van der Waals surface area (Å²) in [6.45, 7) is 6.11. The van der Waals surface area contributed by atoms with Gasteiger partial charge in [-0.05, 0) is 20.8 Å². The zero-order valence-electron chi connectivity index (χ0n) is 11.8. The largest absolute Gasteiger partial charge is 0.368 e. The predicted octanol–water partition coefficient (Wildman–Crippen LogP) is -0.148. The fourth-order valence-electron chi connectivity index (χ4n) is 1.46. The van der Waals surface area contributed by atoms with Crippen molar-refractivity contribution in [2.24, 2.45) is 0 Å². The number of aromatic amines is 1. The summed E-state index contributed by atoms with van der Waals surface area (Å²) >= 11 is 1.18. The second kappa shape index (κ2) is 7.73. The molecule has 0 aliphatic carbocycles. The molecule has 0 saturated carbocycles. The summed E-state index contributed by atoms with van der Waals surface area (Å²) in [7, 11) is 0. The Hall–Kier alpha value is -1.77. The number of aromatic nitrogens is 3. The molecule has 112 valence electrons. The van der Waals surface area contributed by atoms with Crippen LogP contribution in [0, 0.1) is 0 Å². The molecule has 1 aromatic rings. The van der Waals surface area contributed by atoms with Crippen LogP contribution in [-0.4, -0.2) is 56.8 Å². The lowest BCUT2D eigenvalue weighted by molar-refractivity contribution is -0.134. The van der Waals surface area contributed by atoms with Gasteiger partial charge in [0.1, 0.15) is 0 Å². The van der Waals surface area contributed by atoms with E-state index in [1.54, 1.807) is 0 Å². The molecule has 8 nitrogen and oxygen atoms in total. The van der Waals surface area contributed by atoms with Crippen LogP contribution >= 0.6 is 11.8 Å². The Morgan fingerprint density at radius 3 is 2.70 bits per heavy atom. The molecule has 0 aromatic carbocycles. The van der Waals surface area contributed by atoms with Crippen LogP contribution in [0.1, 0.15) is 20.8 Å². The number of nitrogens with two attached hydrogens (primary N) is 1. The summed E-state index contributed by atoms with van der Waals surface area (Å²) in [5, 5.41) is 9.49. The van der Waals surface area contributed by atoms with E-state index >= 15 is 0 Å². The number of hydrogen-bond donors (Lipinski definition) is 3. The quantitative estimate of drug-likeness (QED) is 0.603. The number of hydrogen-bond acceptors (Lipinski definition) is 6. The highest BCUT2D eigenvalue weighted by atomic mass is 32.2. The van der Waals surface area contributed by atoms with E-state index in [-0.39, 0.29) is 36.1 Å². The van der Waals surface area contributed by atoms with E-state index in [4.69, 9.17) is 5.73 Å². The number of rotatable bonds is 7. The number of carbonyl (C=O) groups excluding carboxylic acids is 2. The average Bonchev–Trinajstić information content (AvgIpc) is 2.78. The molecule has 1 aromatic heterocycles. The zero-order valence-corrected chi connectivity index (χ0v) is 12.7. The van der Waals surface area contributed by atoms with E-state index in [9.17, 15) is 9.59 Å². The molecule has 0 saturated heterocycles. The normalized spacial score (nSPS) is 10.6. The smallest absolute Gasteiger partial charge is 0.239 e. The van der Waals surface area contributed by atoms with Crippen LogP contribution < -0.4 is 11.1 Å². The van der Waals surface area contributed by atoms with Gasteiger partial charge in [-0.25, -0.2) is 5.10 Å². The lowest BCUT2D eigenvalue weighted by atomic mass is 10.3. The molecule has 0 spiro atoms. The third kappa shape index (κ3) is 5.47. The SMILES string of the molecule is CCN(CC(=O)NC(C)C)C(=O)CSc1n[nH]c(N)n1. The van der Waals surface area contributed by atoms with Crippen molar-refractivity contribution in [3.05, 3.63) is 0 Å². The summed E-state index contributed by atoms with van der Waals surface area (Å²) < 4.78 is 0.